The van der Waals surface area contributed by atoms with E-state index in [0.717, 1.165) is 43.5 Å². The largest absolute Gasteiger partial charge is 0.481 e. The van der Waals surface area contributed by atoms with Crippen molar-refractivity contribution in [3.63, 3.8) is 0 Å². The summed E-state index contributed by atoms with van der Waals surface area (Å²) in [7, 11) is 2.56. The first-order valence-electron chi connectivity index (χ1n) is 23.8. The number of ether oxygens (including phenoxy) is 2. The average Bonchev–Trinajstić information content (AvgIpc) is 4.10. The van der Waals surface area contributed by atoms with Crippen LogP contribution in [0.4, 0.5) is 26.7 Å². The molecular weight excluding hydrogens is 883 g/mol. The van der Waals surface area contributed by atoms with E-state index >= 15 is 0 Å². The number of carboxylic acid groups (broad SMARTS) is 1. The molecular formula is C52H75N7O10. The second-order valence-electron chi connectivity index (χ2n) is 20.0. The Morgan fingerprint density at radius 1 is 0.667 bits per heavy atom. The van der Waals surface area contributed by atoms with Crippen LogP contribution in [0.25, 0.3) is 0 Å². The lowest BCUT2D eigenvalue weighted by Crippen LogP contribution is -2.57. The molecule has 3 aromatic carbocycles. The monoisotopic (exact) mass is 958 g/mol. The van der Waals surface area contributed by atoms with E-state index in [9.17, 15) is 34.0 Å². The van der Waals surface area contributed by atoms with Crippen LogP contribution in [0.3, 0.4) is 0 Å². The Hall–Kier alpha value is -6.36. The van der Waals surface area contributed by atoms with Crippen LogP contribution >= 0.6 is 0 Å². The number of aliphatic carboxylic acids is 1. The van der Waals surface area contributed by atoms with Crippen molar-refractivity contribution in [1.82, 2.24) is 20.4 Å². The number of methoxy groups -OCH3 is 2. The van der Waals surface area contributed by atoms with E-state index < -0.39 is 41.7 Å². The van der Waals surface area contributed by atoms with Gasteiger partial charge in [0.2, 0.25) is 17.7 Å². The molecule has 0 spiro atoms. The predicted molar refractivity (Wildman–Crippen MR) is 266 cm³/mol. The SMILES string of the molecule is CCC(=O)O.COC(=O)N[C@H](C(=O)N1CCC[C@H]1C(=O)Nc1ccc([C@H]2CC[C@H](c3ccc(NO)cc3)N2c2ccc(C)cc2)cc1)C(C)(C)C.COC(=O)N[C@H](C(=O)N1CCC[C@H]1C)C(C)(C)C. The van der Waals surface area contributed by atoms with Gasteiger partial charge in [-0.1, -0.05) is 90.4 Å². The van der Waals surface area contributed by atoms with Gasteiger partial charge in [0.25, 0.3) is 0 Å². The topological polar surface area (TPSA) is 219 Å². The molecule has 378 valence electrons. The van der Waals surface area contributed by atoms with Crippen molar-refractivity contribution in [3.8, 4) is 0 Å². The minimum Gasteiger partial charge on any atom is -0.481 e. The van der Waals surface area contributed by atoms with Crippen molar-refractivity contribution in [2.75, 3.05) is 43.0 Å². The van der Waals surface area contributed by atoms with Crippen molar-refractivity contribution < 1.29 is 48.6 Å². The summed E-state index contributed by atoms with van der Waals surface area (Å²) in [6, 6.07) is 23.0. The third kappa shape index (κ3) is 15.1. The molecule has 69 heavy (non-hydrogen) atoms. The maximum absolute atomic E-state index is 13.6. The molecule has 6 atom stereocenters. The van der Waals surface area contributed by atoms with E-state index in [-0.39, 0.29) is 47.7 Å². The van der Waals surface area contributed by atoms with E-state index in [0.29, 0.717) is 30.8 Å². The number of anilines is 3. The highest BCUT2D eigenvalue weighted by Crippen LogP contribution is 2.47. The second-order valence-corrected chi connectivity index (χ2v) is 20.0. The summed E-state index contributed by atoms with van der Waals surface area (Å²) in [4.78, 5) is 78.2. The van der Waals surface area contributed by atoms with Gasteiger partial charge in [0.15, 0.2) is 0 Å². The molecule has 0 radical (unpaired) electrons. The van der Waals surface area contributed by atoms with Gasteiger partial charge in [0, 0.05) is 36.9 Å². The molecule has 0 aromatic heterocycles. The fourth-order valence-corrected chi connectivity index (χ4v) is 8.88. The lowest BCUT2D eigenvalue weighted by atomic mass is 9.85. The maximum atomic E-state index is 13.6. The first kappa shape index (κ1) is 55.2. The van der Waals surface area contributed by atoms with Crippen LogP contribution in [0.1, 0.15) is 129 Å². The maximum Gasteiger partial charge on any atom is 0.407 e. The molecule has 6 rings (SSSR count). The second kappa shape index (κ2) is 24.8. The third-order valence-corrected chi connectivity index (χ3v) is 12.8. The van der Waals surface area contributed by atoms with Crippen molar-refractivity contribution >= 4 is 52.9 Å². The summed E-state index contributed by atoms with van der Waals surface area (Å²) in [6.45, 7) is 18.4. The molecule has 0 unspecified atom stereocenters. The Morgan fingerprint density at radius 2 is 1.10 bits per heavy atom. The number of likely N-dealkylation sites (tertiary alicyclic amines) is 2. The molecule has 3 aromatic rings. The summed E-state index contributed by atoms with van der Waals surface area (Å²) >= 11 is 0. The van der Waals surface area contributed by atoms with Gasteiger partial charge in [-0.15, -0.1) is 0 Å². The number of aryl methyl sites for hydroxylation is 1. The number of hydrogen-bond acceptors (Lipinski definition) is 11. The van der Waals surface area contributed by atoms with Gasteiger partial charge < -0.3 is 45.2 Å². The van der Waals surface area contributed by atoms with Crippen LogP contribution in [-0.2, 0) is 28.7 Å². The summed E-state index contributed by atoms with van der Waals surface area (Å²) < 4.78 is 9.34. The Morgan fingerprint density at radius 3 is 1.51 bits per heavy atom. The molecule has 6 N–H and O–H groups in total. The molecule has 5 amide bonds. The highest BCUT2D eigenvalue weighted by molar-refractivity contribution is 5.99. The van der Waals surface area contributed by atoms with E-state index in [1.165, 1.54) is 25.3 Å². The van der Waals surface area contributed by atoms with Crippen LogP contribution in [0.5, 0.6) is 0 Å². The first-order valence-corrected chi connectivity index (χ1v) is 23.8. The number of nitrogens with one attached hydrogen (secondary N) is 4. The van der Waals surface area contributed by atoms with E-state index in [1.54, 1.807) is 11.8 Å². The molecule has 17 nitrogen and oxygen atoms in total. The zero-order valence-corrected chi connectivity index (χ0v) is 42.3. The lowest BCUT2D eigenvalue weighted by molar-refractivity contribution is -0.140. The smallest absolute Gasteiger partial charge is 0.407 e. The number of hydrogen-bond donors (Lipinski definition) is 6. The van der Waals surface area contributed by atoms with Gasteiger partial charge in [-0.3, -0.25) is 29.9 Å². The fraction of sp³-hybridized carbons (Fsp3) is 0.538. The summed E-state index contributed by atoms with van der Waals surface area (Å²) in [5.74, 6) is -1.30. The molecule has 0 aliphatic carbocycles. The predicted octanol–water partition coefficient (Wildman–Crippen LogP) is 8.83. The third-order valence-electron chi connectivity index (χ3n) is 12.8. The van der Waals surface area contributed by atoms with Crippen molar-refractivity contribution in [2.45, 2.75) is 144 Å². The number of carboxylic acids is 1. The van der Waals surface area contributed by atoms with E-state index in [2.05, 4.69) is 86.5 Å². The number of alkyl carbamates (subject to hydrolysis) is 2. The van der Waals surface area contributed by atoms with Gasteiger partial charge in [-0.2, -0.15) is 0 Å². The summed E-state index contributed by atoms with van der Waals surface area (Å²) in [5, 5.41) is 25.3. The number of nitrogens with zero attached hydrogens (tertiary/aromatic N) is 3. The van der Waals surface area contributed by atoms with Gasteiger partial charge in [-0.25, -0.2) is 9.59 Å². The summed E-state index contributed by atoms with van der Waals surface area (Å²) in [5.41, 5.74) is 7.27. The highest BCUT2D eigenvalue weighted by Gasteiger charge is 2.43. The zero-order valence-electron chi connectivity index (χ0n) is 42.3. The van der Waals surface area contributed by atoms with Crippen molar-refractivity contribution in [3.05, 3.63) is 89.5 Å². The molecule has 3 aliphatic rings. The molecule has 3 aliphatic heterocycles. The summed E-state index contributed by atoms with van der Waals surface area (Å²) in [6.07, 6.45) is 4.22. The highest BCUT2D eigenvalue weighted by atomic mass is 16.5. The van der Waals surface area contributed by atoms with Crippen molar-refractivity contribution in [1.29, 1.82) is 0 Å². The minimum absolute atomic E-state index is 0.0158. The molecule has 17 heteroatoms. The molecule has 3 heterocycles. The number of carbonyl (C=O) groups is 6. The molecule has 0 bridgehead atoms. The van der Waals surface area contributed by atoms with Crippen LogP contribution in [0.15, 0.2) is 72.8 Å². The number of rotatable bonds is 11. The lowest BCUT2D eigenvalue weighted by Gasteiger charge is -2.35. The van der Waals surface area contributed by atoms with Crippen LogP contribution in [0.2, 0.25) is 0 Å². The Kier molecular flexibility index (Phi) is 19.8. The Labute approximate surface area is 407 Å². The normalized spacial score (nSPS) is 19.7. The zero-order chi connectivity index (χ0) is 51.2. The Balaban J connectivity index is 0.000000373. The van der Waals surface area contributed by atoms with Crippen LogP contribution < -0.4 is 26.3 Å². The minimum atomic E-state index is -0.830. The quantitative estimate of drug-likeness (QED) is 0.0994. The van der Waals surface area contributed by atoms with Gasteiger partial charge in [-0.05, 0) is 111 Å². The van der Waals surface area contributed by atoms with Crippen LogP contribution in [-0.4, -0.2) is 107 Å². The van der Waals surface area contributed by atoms with Crippen molar-refractivity contribution in [2.24, 2.45) is 10.8 Å². The van der Waals surface area contributed by atoms with Gasteiger partial charge in [0.1, 0.15) is 18.1 Å². The van der Waals surface area contributed by atoms with E-state index in [4.69, 9.17) is 9.84 Å². The standard InChI is InChI=1S/C36H45N5O5.C13H24N2O3.C3H6O2/c1-23-8-18-28(19-9-23)41-29(20-21-30(41)25-12-16-27(39-45)17-13-25)24-10-14-26(15-11-24)37-33(42)31-7-6-22-40(31)34(43)32(36(2,3)4)38-35(44)46-5;1-9-7-6-8-15(9)11(16)10(13(2,3)4)14-12(17)18-5;1-2-3(4)5/h8-19,29-32,39,45H,6-7,20-22H2,1-5H3,(H,37,42)(H,38,44);9-10H,6-8H2,1-5H3,(H,14,17);2H2,1H3,(H,4,5)/t29-,30-,31+,32-;9-,10-;/m11./s1. The van der Waals surface area contributed by atoms with Gasteiger partial charge in [0.05, 0.1) is 32.0 Å². The van der Waals surface area contributed by atoms with Gasteiger partial charge >= 0.3 is 18.2 Å². The molecule has 3 saturated heterocycles. The number of benzene rings is 3. The average molecular weight is 958 g/mol. The molecule has 0 saturated carbocycles. The fourth-order valence-electron chi connectivity index (χ4n) is 8.88. The molecule has 3 fully saturated rings. The van der Waals surface area contributed by atoms with E-state index in [1.807, 2.05) is 77.6 Å². The number of amides is 5. The first-order chi connectivity index (χ1) is 32.5. The Bertz CT molecular complexity index is 2190. The van der Waals surface area contributed by atoms with Crippen LogP contribution in [0, 0.1) is 17.8 Å². The number of carbonyl (C=O) groups excluding carboxylic acids is 5.